The van der Waals surface area contributed by atoms with Crippen LogP contribution in [0.4, 0.5) is 5.69 Å². The second-order valence-corrected chi connectivity index (χ2v) is 5.02. The molecule has 0 aromatic heterocycles. The molecule has 112 valence electrons. The molecular weight excluding hydrogens is 260 g/mol. The summed E-state index contributed by atoms with van der Waals surface area (Å²) >= 11 is 0. The summed E-state index contributed by atoms with van der Waals surface area (Å²) in [5.74, 6) is 0. The third-order valence-corrected chi connectivity index (χ3v) is 3.44. The number of rotatable bonds is 7. The van der Waals surface area contributed by atoms with Crippen LogP contribution in [0.15, 0.2) is 18.2 Å². The highest BCUT2D eigenvalue weighted by Gasteiger charge is 2.19. The van der Waals surface area contributed by atoms with Gasteiger partial charge < -0.3 is 9.84 Å². The highest BCUT2D eigenvalue weighted by atomic mass is 16.6. The first-order valence-electron chi connectivity index (χ1n) is 6.49. The van der Waals surface area contributed by atoms with Gasteiger partial charge in [0.25, 0.3) is 5.69 Å². The predicted molar refractivity (Wildman–Crippen MR) is 76.8 cm³/mol. The number of methoxy groups -OCH3 is 1. The SMILES string of the molecule is COCC(O)CN(C)C(C)c1cc([N+](=O)[O-])ccc1C. The first-order valence-corrected chi connectivity index (χ1v) is 6.49. The summed E-state index contributed by atoms with van der Waals surface area (Å²) in [5, 5.41) is 20.6. The van der Waals surface area contributed by atoms with Crippen molar-refractivity contribution in [1.29, 1.82) is 0 Å². The number of nitrogens with zero attached hydrogens (tertiary/aromatic N) is 2. The average Bonchev–Trinajstić information content (AvgIpc) is 2.38. The van der Waals surface area contributed by atoms with Crippen molar-refractivity contribution in [2.45, 2.75) is 26.0 Å². The van der Waals surface area contributed by atoms with Crippen LogP contribution >= 0.6 is 0 Å². The normalized spacial score (nSPS) is 14.3. The molecule has 0 heterocycles. The monoisotopic (exact) mass is 282 g/mol. The topological polar surface area (TPSA) is 75.8 Å². The van der Waals surface area contributed by atoms with Crippen LogP contribution in [0.2, 0.25) is 0 Å². The average molecular weight is 282 g/mol. The molecule has 0 aliphatic rings. The van der Waals surface area contributed by atoms with Crippen LogP contribution in [-0.4, -0.2) is 48.3 Å². The number of hydrogen-bond donors (Lipinski definition) is 1. The Bertz CT molecular complexity index is 464. The molecule has 0 saturated heterocycles. The zero-order valence-electron chi connectivity index (χ0n) is 12.4. The molecule has 1 aromatic rings. The third-order valence-electron chi connectivity index (χ3n) is 3.44. The Hall–Kier alpha value is -1.50. The standard InChI is InChI=1S/C14H22N2O4/c1-10-5-6-12(16(18)19)7-14(10)11(2)15(3)8-13(17)9-20-4/h5-7,11,13,17H,8-9H2,1-4H3. The minimum absolute atomic E-state index is 0.0265. The molecule has 20 heavy (non-hydrogen) atoms. The molecule has 2 atom stereocenters. The summed E-state index contributed by atoms with van der Waals surface area (Å²) < 4.78 is 4.90. The van der Waals surface area contributed by atoms with Crippen LogP contribution in [-0.2, 0) is 4.74 Å². The van der Waals surface area contributed by atoms with Crippen LogP contribution in [0.3, 0.4) is 0 Å². The molecule has 0 aliphatic carbocycles. The number of non-ortho nitro benzene ring substituents is 1. The maximum absolute atomic E-state index is 10.9. The minimum atomic E-state index is -0.577. The fourth-order valence-corrected chi connectivity index (χ4v) is 2.16. The van der Waals surface area contributed by atoms with Gasteiger partial charge >= 0.3 is 0 Å². The Labute approximate surface area is 119 Å². The van der Waals surface area contributed by atoms with Crippen molar-refractivity contribution in [2.75, 3.05) is 27.3 Å². The highest BCUT2D eigenvalue weighted by Crippen LogP contribution is 2.26. The van der Waals surface area contributed by atoms with Crippen molar-refractivity contribution in [3.63, 3.8) is 0 Å². The van der Waals surface area contributed by atoms with Gasteiger partial charge in [-0.15, -0.1) is 0 Å². The Balaban J connectivity index is 2.87. The number of nitro benzene ring substituents is 1. The van der Waals surface area contributed by atoms with Crippen LogP contribution in [0.5, 0.6) is 0 Å². The summed E-state index contributed by atoms with van der Waals surface area (Å²) in [4.78, 5) is 12.4. The van der Waals surface area contributed by atoms with E-state index in [-0.39, 0.29) is 18.3 Å². The van der Waals surface area contributed by atoms with E-state index in [1.54, 1.807) is 12.1 Å². The van der Waals surface area contributed by atoms with Gasteiger partial charge in [-0.2, -0.15) is 0 Å². The lowest BCUT2D eigenvalue weighted by atomic mass is 10.0. The molecule has 0 spiro atoms. The second-order valence-electron chi connectivity index (χ2n) is 5.02. The molecule has 0 bridgehead atoms. The third kappa shape index (κ3) is 4.26. The van der Waals surface area contributed by atoms with E-state index in [0.29, 0.717) is 6.54 Å². The number of aliphatic hydroxyl groups excluding tert-OH is 1. The van der Waals surface area contributed by atoms with E-state index in [0.717, 1.165) is 11.1 Å². The molecule has 6 heteroatoms. The number of benzene rings is 1. The summed E-state index contributed by atoms with van der Waals surface area (Å²) in [5.41, 5.74) is 1.98. The summed E-state index contributed by atoms with van der Waals surface area (Å²) in [6, 6.07) is 4.83. The van der Waals surface area contributed by atoms with E-state index >= 15 is 0 Å². The van der Waals surface area contributed by atoms with Gasteiger partial charge in [-0.3, -0.25) is 15.0 Å². The molecule has 1 N–H and O–H groups in total. The van der Waals surface area contributed by atoms with Gasteiger partial charge in [0.2, 0.25) is 0 Å². The molecule has 6 nitrogen and oxygen atoms in total. The van der Waals surface area contributed by atoms with Gasteiger partial charge in [-0.25, -0.2) is 0 Å². The molecule has 0 amide bonds. The largest absolute Gasteiger partial charge is 0.389 e. The first kappa shape index (κ1) is 16.6. The molecule has 0 saturated carbocycles. The van der Waals surface area contributed by atoms with E-state index in [2.05, 4.69) is 0 Å². The van der Waals surface area contributed by atoms with Gasteiger partial charge in [-0.05, 0) is 32.0 Å². The van der Waals surface area contributed by atoms with Crippen molar-refractivity contribution in [3.05, 3.63) is 39.4 Å². The van der Waals surface area contributed by atoms with Crippen molar-refractivity contribution < 1.29 is 14.8 Å². The van der Waals surface area contributed by atoms with E-state index < -0.39 is 11.0 Å². The van der Waals surface area contributed by atoms with Gasteiger partial charge in [0.05, 0.1) is 17.6 Å². The smallest absolute Gasteiger partial charge is 0.269 e. The van der Waals surface area contributed by atoms with Gasteiger partial charge in [-0.1, -0.05) is 6.07 Å². The molecule has 0 radical (unpaired) electrons. The molecule has 1 rings (SSSR count). The maximum Gasteiger partial charge on any atom is 0.269 e. The highest BCUT2D eigenvalue weighted by molar-refractivity contribution is 5.40. The summed E-state index contributed by atoms with van der Waals surface area (Å²) in [7, 11) is 3.42. The lowest BCUT2D eigenvalue weighted by molar-refractivity contribution is -0.385. The second kappa shape index (κ2) is 7.33. The molecule has 2 unspecified atom stereocenters. The number of aliphatic hydroxyl groups is 1. The Kier molecular flexibility index (Phi) is 6.06. The lowest BCUT2D eigenvalue weighted by Crippen LogP contribution is -2.34. The Morgan fingerprint density at radius 3 is 2.70 bits per heavy atom. The van der Waals surface area contributed by atoms with Gasteiger partial charge in [0.1, 0.15) is 0 Å². The van der Waals surface area contributed by atoms with Gasteiger partial charge in [0, 0.05) is 31.8 Å². The molecule has 1 aromatic carbocycles. The predicted octanol–water partition coefficient (Wildman–Crippen LogP) is 1.90. The van der Waals surface area contributed by atoms with Gasteiger partial charge in [0.15, 0.2) is 0 Å². The van der Waals surface area contributed by atoms with E-state index in [1.807, 2.05) is 25.8 Å². The van der Waals surface area contributed by atoms with Crippen LogP contribution in [0.1, 0.15) is 24.1 Å². The maximum atomic E-state index is 10.9. The Morgan fingerprint density at radius 2 is 2.15 bits per heavy atom. The zero-order chi connectivity index (χ0) is 15.3. The Morgan fingerprint density at radius 1 is 1.50 bits per heavy atom. The number of aryl methyl sites for hydroxylation is 1. The van der Waals surface area contributed by atoms with Crippen LogP contribution in [0, 0.1) is 17.0 Å². The van der Waals surface area contributed by atoms with Crippen LogP contribution < -0.4 is 0 Å². The van der Waals surface area contributed by atoms with Crippen molar-refractivity contribution in [1.82, 2.24) is 4.90 Å². The lowest BCUT2D eigenvalue weighted by Gasteiger charge is -2.28. The fourth-order valence-electron chi connectivity index (χ4n) is 2.16. The van der Waals surface area contributed by atoms with E-state index in [1.165, 1.54) is 13.2 Å². The number of hydrogen-bond acceptors (Lipinski definition) is 5. The van der Waals surface area contributed by atoms with Crippen molar-refractivity contribution >= 4 is 5.69 Å². The quantitative estimate of drug-likeness (QED) is 0.610. The minimum Gasteiger partial charge on any atom is -0.389 e. The van der Waals surface area contributed by atoms with Crippen molar-refractivity contribution in [3.8, 4) is 0 Å². The number of likely N-dealkylation sites (N-methyl/N-ethyl adjacent to an activating group) is 1. The molecule has 0 fully saturated rings. The van der Waals surface area contributed by atoms with Crippen LogP contribution in [0.25, 0.3) is 0 Å². The molecular formula is C14H22N2O4. The van der Waals surface area contributed by atoms with E-state index in [4.69, 9.17) is 4.74 Å². The van der Waals surface area contributed by atoms with E-state index in [9.17, 15) is 15.2 Å². The summed E-state index contributed by atoms with van der Waals surface area (Å²) in [6.45, 7) is 4.60. The first-order chi connectivity index (χ1) is 9.36. The molecule has 0 aliphatic heterocycles. The van der Waals surface area contributed by atoms with Crippen molar-refractivity contribution in [2.24, 2.45) is 0 Å². The number of nitro groups is 1. The number of ether oxygens (including phenoxy) is 1. The summed E-state index contributed by atoms with van der Waals surface area (Å²) in [6.07, 6.45) is -0.577. The fraction of sp³-hybridized carbons (Fsp3) is 0.571. The zero-order valence-corrected chi connectivity index (χ0v) is 12.4.